The fraction of sp³-hybridized carbons (Fsp3) is 0.548. The molecule has 2 aromatic rings. The summed E-state index contributed by atoms with van der Waals surface area (Å²) in [6, 6.07) is 18.1. The predicted octanol–water partition coefficient (Wildman–Crippen LogP) is 5.18. The molecule has 0 spiro atoms. The van der Waals surface area contributed by atoms with Crippen LogP contribution in [-0.2, 0) is 21.4 Å². The first-order valence-electron chi connectivity index (χ1n) is 13.8. The molecule has 3 fully saturated rings. The number of carbonyl (C=O) groups is 2. The molecule has 36 heavy (non-hydrogen) atoms. The maximum absolute atomic E-state index is 13.1. The molecule has 0 radical (unpaired) electrons. The second-order valence-corrected chi connectivity index (χ2v) is 11.5. The number of rotatable bonds is 13. The van der Waals surface area contributed by atoms with Crippen LogP contribution >= 0.6 is 0 Å². The van der Waals surface area contributed by atoms with Crippen LogP contribution in [0.2, 0.25) is 0 Å². The molecule has 0 heterocycles. The zero-order chi connectivity index (χ0) is 25.2. The molecule has 5 rings (SSSR count). The molecule has 5 nitrogen and oxygen atoms in total. The number of benzene rings is 2. The van der Waals surface area contributed by atoms with E-state index in [0.29, 0.717) is 24.8 Å². The van der Waals surface area contributed by atoms with E-state index in [9.17, 15) is 9.59 Å². The van der Waals surface area contributed by atoms with Gasteiger partial charge in [0.25, 0.3) is 0 Å². The van der Waals surface area contributed by atoms with Crippen molar-refractivity contribution in [2.24, 2.45) is 17.3 Å². The van der Waals surface area contributed by atoms with Gasteiger partial charge in [-0.05, 0) is 73.6 Å². The minimum atomic E-state index is -0.268. The first kappa shape index (κ1) is 24.9. The van der Waals surface area contributed by atoms with Gasteiger partial charge in [0.05, 0.1) is 18.4 Å². The van der Waals surface area contributed by atoms with E-state index in [4.69, 9.17) is 4.74 Å². The minimum Gasteiger partial charge on any atom is -0.493 e. The summed E-state index contributed by atoms with van der Waals surface area (Å²) >= 11 is 0. The largest absolute Gasteiger partial charge is 0.493 e. The van der Waals surface area contributed by atoms with Gasteiger partial charge in [0, 0.05) is 18.0 Å². The Hall–Kier alpha value is -2.82. The van der Waals surface area contributed by atoms with Crippen LogP contribution in [0.3, 0.4) is 0 Å². The SMILES string of the molecule is CCCC(C)COc1ccc([C@@]2(CNC(=O)C3(C4CC4)CC3)CC2NC(=O)Cc2ccccc2)cc1. The molecule has 192 valence electrons. The third kappa shape index (κ3) is 5.45. The lowest BCUT2D eigenvalue weighted by Crippen LogP contribution is -2.42. The third-order valence-corrected chi connectivity index (χ3v) is 8.53. The van der Waals surface area contributed by atoms with E-state index < -0.39 is 0 Å². The number of hydrogen-bond donors (Lipinski definition) is 2. The molecule has 2 N–H and O–H groups in total. The Kier molecular flexibility index (Phi) is 7.09. The summed E-state index contributed by atoms with van der Waals surface area (Å²) in [5, 5.41) is 6.56. The van der Waals surface area contributed by atoms with Gasteiger partial charge in [-0.3, -0.25) is 9.59 Å². The van der Waals surface area contributed by atoms with E-state index in [-0.39, 0.29) is 28.7 Å². The molecule has 0 saturated heterocycles. The highest BCUT2D eigenvalue weighted by Crippen LogP contribution is 2.61. The summed E-state index contributed by atoms with van der Waals surface area (Å²) in [7, 11) is 0. The van der Waals surface area contributed by atoms with Crippen LogP contribution < -0.4 is 15.4 Å². The summed E-state index contributed by atoms with van der Waals surface area (Å²) in [5.74, 6) is 2.24. The van der Waals surface area contributed by atoms with Crippen LogP contribution in [0, 0.1) is 17.3 Å². The van der Waals surface area contributed by atoms with Gasteiger partial charge < -0.3 is 15.4 Å². The Morgan fingerprint density at radius 1 is 1.06 bits per heavy atom. The predicted molar refractivity (Wildman–Crippen MR) is 142 cm³/mol. The van der Waals surface area contributed by atoms with Crippen molar-refractivity contribution >= 4 is 11.8 Å². The molecule has 2 unspecified atom stereocenters. The molecule has 3 saturated carbocycles. The quantitative estimate of drug-likeness (QED) is 0.408. The molecule has 0 bridgehead atoms. The van der Waals surface area contributed by atoms with Gasteiger partial charge in [-0.25, -0.2) is 0 Å². The normalized spacial score (nSPS) is 24.4. The summed E-state index contributed by atoms with van der Waals surface area (Å²) in [4.78, 5) is 25.9. The summed E-state index contributed by atoms with van der Waals surface area (Å²) < 4.78 is 6.01. The highest BCUT2D eigenvalue weighted by Gasteiger charge is 2.61. The van der Waals surface area contributed by atoms with Crippen molar-refractivity contribution in [1.82, 2.24) is 10.6 Å². The molecule has 2 amide bonds. The van der Waals surface area contributed by atoms with Crippen molar-refractivity contribution in [3.8, 4) is 5.75 Å². The van der Waals surface area contributed by atoms with Crippen LogP contribution in [0.5, 0.6) is 5.75 Å². The second kappa shape index (κ2) is 10.3. The monoisotopic (exact) mass is 488 g/mol. The maximum Gasteiger partial charge on any atom is 0.226 e. The van der Waals surface area contributed by atoms with E-state index in [1.807, 2.05) is 42.5 Å². The van der Waals surface area contributed by atoms with Crippen LogP contribution in [0.25, 0.3) is 0 Å². The molecular weight excluding hydrogens is 448 g/mol. The lowest BCUT2D eigenvalue weighted by atomic mass is 9.93. The molecule has 5 heteroatoms. The maximum atomic E-state index is 13.1. The third-order valence-electron chi connectivity index (χ3n) is 8.53. The molecule has 3 aliphatic carbocycles. The van der Waals surface area contributed by atoms with Gasteiger partial charge in [0.1, 0.15) is 5.75 Å². The molecule has 0 aliphatic heterocycles. The molecule has 0 aromatic heterocycles. The lowest BCUT2D eigenvalue weighted by molar-refractivity contribution is -0.127. The van der Waals surface area contributed by atoms with Gasteiger partial charge in [-0.15, -0.1) is 0 Å². The van der Waals surface area contributed by atoms with E-state index in [1.54, 1.807) is 0 Å². The van der Waals surface area contributed by atoms with Gasteiger partial charge in [0.15, 0.2) is 0 Å². The first-order chi connectivity index (χ1) is 17.4. The smallest absolute Gasteiger partial charge is 0.226 e. The van der Waals surface area contributed by atoms with Gasteiger partial charge >= 0.3 is 0 Å². The Balaban J connectivity index is 1.25. The van der Waals surface area contributed by atoms with Crippen molar-refractivity contribution in [2.45, 2.75) is 76.7 Å². The lowest BCUT2D eigenvalue weighted by Gasteiger charge is -2.22. The molecule has 2 aromatic carbocycles. The van der Waals surface area contributed by atoms with Crippen LogP contribution in [0.4, 0.5) is 0 Å². The Bertz CT molecular complexity index is 1060. The van der Waals surface area contributed by atoms with Crippen molar-refractivity contribution in [1.29, 1.82) is 0 Å². The van der Waals surface area contributed by atoms with Crippen molar-refractivity contribution < 1.29 is 14.3 Å². The zero-order valence-corrected chi connectivity index (χ0v) is 21.7. The highest BCUT2D eigenvalue weighted by molar-refractivity contribution is 5.86. The van der Waals surface area contributed by atoms with Crippen molar-refractivity contribution in [2.75, 3.05) is 13.2 Å². The van der Waals surface area contributed by atoms with Gasteiger partial charge in [-0.2, -0.15) is 0 Å². The van der Waals surface area contributed by atoms with E-state index >= 15 is 0 Å². The number of amides is 2. The van der Waals surface area contributed by atoms with Crippen LogP contribution in [-0.4, -0.2) is 31.0 Å². The summed E-state index contributed by atoms with van der Waals surface area (Å²) in [5.41, 5.74) is 1.79. The van der Waals surface area contributed by atoms with Gasteiger partial charge in [0.2, 0.25) is 11.8 Å². The van der Waals surface area contributed by atoms with Crippen molar-refractivity contribution in [3.63, 3.8) is 0 Å². The summed E-state index contributed by atoms with van der Waals surface area (Å²) in [6.07, 6.45) is 7.95. The first-order valence-corrected chi connectivity index (χ1v) is 13.8. The van der Waals surface area contributed by atoms with Crippen LogP contribution in [0.15, 0.2) is 54.6 Å². The second-order valence-electron chi connectivity index (χ2n) is 11.5. The number of nitrogens with one attached hydrogen (secondary N) is 2. The number of ether oxygens (including phenoxy) is 1. The van der Waals surface area contributed by atoms with Gasteiger partial charge in [-0.1, -0.05) is 62.7 Å². The molecular formula is C31H40N2O3. The fourth-order valence-electron chi connectivity index (χ4n) is 5.84. The topological polar surface area (TPSA) is 67.4 Å². The average molecular weight is 489 g/mol. The fourth-order valence-corrected chi connectivity index (χ4v) is 5.84. The van der Waals surface area contributed by atoms with E-state index in [1.165, 1.54) is 12.8 Å². The highest BCUT2D eigenvalue weighted by atomic mass is 16.5. The van der Waals surface area contributed by atoms with E-state index in [0.717, 1.165) is 55.6 Å². The Labute approximate surface area is 215 Å². The van der Waals surface area contributed by atoms with Crippen molar-refractivity contribution in [3.05, 3.63) is 65.7 Å². The Morgan fingerprint density at radius 3 is 2.42 bits per heavy atom. The van der Waals surface area contributed by atoms with Crippen LogP contribution in [0.1, 0.15) is 69.9 Å². The minimum absolute atomic E-state index is 0.0152. The molecule has 3 atom stereocenters. The zero-order valence-electron chi connectivity index (χ0n) is 21.7. The standard InChI is InChI=1S/C31H40N2O3/c1-3-7-22(2)20-36-26-14-12-25(13-15-26)31(21-32-29(35)30(16-17-30)24-10-11-24)19-27(31)33-28(34)18-23-8-5-4-6-9-23/h4-6,8-9,12-15,22,24,27H,3,7,10-11,16-21H2,1-2H3,(H,32,35)(H,33,34)/t22?,27?,31-/m0/s1. The van der Waals surface area contributed by atoms with E-state index in [2.05, 4.69) is 36.6 Å². The average Bonchev–Trinajstić information content (AvgIpc) is 3.74. The number of hydrogen-bond acceptors (Lipinski definition) is 3. The Morgan fingerprint density at radius 2 is 1.78 bits per heavy atom. The number of carbonyl (C=O) groups excluding carboxylic acids is 2. The molecule has 3 aliphatic rings. The summed E-state index contributed by atoms with van der Waals surface area (Å²) in [6.45, 7) is 5.70.